The monoisotopic (exact) mass is 292 g/mol. The van der Waals surface area contributed by atoms with E-state index >= 15 is 0 Å². The van der Waals surface area contributed by atoms with Gasteiger partial charge < -0.3 is 9.47 Å². The number of rotatable bonds is 1. The Morgan fingerprint density at radius 3 is 2.27 bits per heavy atom. The molecule has 0 aromatic heterocycles. The molecule has 6 nitrogen and oxygen atoms in total. The Bertz CT molecular complexity index is 756. The molecule has 3 saturated heterocycles. The highest BCUT2D eigenvalue weighted by Gasteiger charge is 2.75. The molecule has 108 valence electrons. The summed E-state index contributed by atoms with van der Waals surface area (Å²) in [6.07, 6.45) is 0. The topological polar surface area (TPSA) is 114 Å². The highest BCUT2D eigenvalue weighted by Crippen LogP contribution is 2.62. The van der Waals surface area contributed by atoms with Crippen molar-refractivity contribution in [3.05, 3.63) is 35.9 Å². The summed E-state index contributed by atoms with van der Waals surface area (Å²) in [5.41, 5.74) is -2.81. The van der Waals surface area contributed by atoms with Crippen LogP contribution in [0.4, 0.5) is 0 Å². The average molecular weight is 292 g/mol. The lowest BCUT2D eigenvalue weighted by molar-refractivity contribution is -0.287. The average Bonchev–Trinajstić information content (AvgIpc) is 2.54. The fraction of sp³-hybridized carbons (Fsp3) is 0.375. The van der Waals surface area contributed by atoms with E-state index in [1.807, 2.05) is 24.3 Å². The van der Waals surface area contributed by atoms with Gasteiger partial charge in [-0.05, 0) is 5.56 Å². The van der Waals surface area contributed by atoms with Crippen molar-refractivity contribution < 1.29 is 9.47 Å². The number of hydrogen-bond acceptors (Lipinski definition) is 6. The van der Waals surface area contributed by atoms with E-state index in [2.05, 4.69) is 0 Å². The maximum atomic E-state index is 9.79. The maximum Gasteiger partial charge on any atom is 0.218 e. The fourth-order valence-electron chi connectivity index (χ4n) is 3.43. The molecule has 3 atom stereocenters. The Balaban J connectivity index is 2.34. The second kappa shape index (κ2) is 4.31. The largest absolute Gasteiger partial charge is 0.447 e. The first-order valence-corrected chi connectivity index (χ1v) is 6.70. The number of nitrogens with zero attached hydrogens (tertiary/aromatic N) is 3. The number of fused-ring (bicyclic) bond motifs is 3. The van der Waals surface area contributed by atoms with Gasteiger partial charge in [0.25, 0.3) is 0 Å². The predicted octanol–water partition coefficient (Wildman–Crippen LogP) is 2.07. The van der Waals surface area contributed by atoms with E-state index in [4.69, 9.17) is 14.9 Å². The third-order valence-corrected chi connectivity index (χ3v) is 4.57. The molecule has 0 saturated carbocycles. The first-order chi connectivity index (χ1) is 10.5. The molecular formula is C16H12N4O2. The van der Waals surface area contributed by atoms with E-state index in [9.17, 15) is 15.8 Å². The fourth-order valence-corrected chi connectivity index (χ4v) is 3.43. The molecule has 0 amide bonds. The molecule has 4 rings (SSSR count). The smallest absolute Gasteiger partial charge is 0.218 e. The third-order valence-electron chi connectivity index (χ3n) is 4.57. The Morgan fingerprint density at radius 2 is 1.77 bits per heavy atom. The zero-order chi connectivity index (χ0) is 16.0. The molecule has 3 fully saturated rings. The summed E-state index contributed by atoms with van der Waals surface area (Å²) in [5.74, 6) is -2.50. The zero-order valence-electron chi connectivity index (χ0n) is 11.8. The minimum absolute atomic E-state index is 0.205. The van der Waals surface area contributed by atoms with Gasteiger partial charge >= 0.3 is 0 Å². The Kier molecular flexibility index (Phi) is 2.75. The van der Waals surface area contributed by atoms with Gasteiger partial charge in [-0.15, -0.1) is 0 Å². The summed E-state index contributed by atoms with van der Waals surface area (Å²) in [6.45, 7) is 1.40. The van der Waals surface area contributed by atoms with Crippen LogP contribution in [0.15, 0.2) is 30.3 Å². The molecular weight excluding hydrogens is 280 g/mol. The zero-order valence-corrected chi connectivity index (χ0v) is 11.8. The molecule has 3 unspecified atom stereocenters. The number of ether oxygens (including phenoxy) is 2. The number of nitrogens with one attached hydrogen (secondary N) is 1. The van der Waals surface area contributed by atoms with Crippen LogP contribution in [0.1, 0.15) is 18.4 Å². The number of benzene rings is 1. The highest BCUT2D eigenvalue weighted by atomic mass is 16.7. The lowest BCUT2D eigenvalue weighted by Gasteiger charge is -2.58. The van der Waals surface area contributed by atoms with E-state index in [1.54, 1.807) is 31.2 Å². The molecule has 2 bridgehead atoms. The molecule has 1 aromatic rings. The van der Waals surface area contributed by atoms with Gasteiger partial charge in [-0.3, -0.25) is 5.41 Å². The molecule has 3 aliphatic heterocycles. The summed E-state index contributed by atoms with van der Waals surface area (Å²) in [6, 6.07) is 14.9. The van der Waals surface area contributed by atoms with Gasteiger partial charge in [0.1, 0.15) is 0 Å². The van der Waals surface area contributed by atoms with Crippen LogP contribution >= 0.6 is 0 Å². The van der Waals surface area contributed by atoms with Gasteiger partial charge in [0.15, 0.2) is 10.8 Å². The molecule has 0 spiro atoms. The van der Waals surface area contributed by atoms with Crippen molar-refractivity contribution in [2.45, 2.75) is 18.6 Å². The third kappa shape index (κ3) is 1.36. The van der Waals surface area contributed by atoms with Crippen LogP contribution in [0.25, 0.3) is 0 Å². The quantitative estimate of drug-likeness (QED) is 0.851. The Hall–Kier alpha value is -2.88. The van der Waals surface area contributed by atoms with Gasteiger partial charge in [0, 0.05) is 6.92 Å². The van der Waals surface area contributed by atoms with E-state index in [1.165, 1.54) is 0 Å². The van der Waals surface area contributed by atoms with Crippen LogP contribution in [0.2, 0.25) is 0 Å². The molecule has 6 heteroatoms. The van der Waals surface area contributed by atoms with E-state index in [0.29, 0.717) is 5.56 Å². The second-order valence-electron chi connectivity index (χ2n) is 5.63. The summed E-state index contributed by atoms with van der Waals surface area (Å²) in [4.78, 5) is 0. The van der Waals surface area contributed by atoms with Crippen LogP contribution in [0.5, 0.6) is 0 Å². The molecule has 0 aliphatic carbocycles. The minimum atomic E-state index is -1.74. The molecule has 1 N–H and O–H groups in total. The minimum Gasteiger partial charge on any atom is -0.447 e. The maximum absolute atomic E-state index is 9.79. The molecule has 1 aromatic carbocycles. The standard InChI is InChI=1S/C16H12N4O2/c1-14-12(11-5-3-2-4-6-11)15(7-17,8-18)16(9-19,10-21-14)13(20)22-14/h2-6,12,20H,10H2,1H3. The predicted molar refractivity (Wildman–Crippen MR) is 74.1 cm³/mol. The summed E-state index contributed by atoms with van der Waals surface area (Å²) < 4.78 is 11.2. The van der Waals surface area contributed by atoms with Crippen molar-refractivity contribution in [3.63, 3.8) is 0 Å². The summed E-state index contributed by atoms with van der Waals surface area (Å²) in [5, 5.41) is 37.3. The van der Waals surface area contributed by atoms with Crippen LogP contribution in [-0.2, 0) is 9.47 Å². The van der Waals surface area contributed by atoms with Crippen LogP contribution in [0, 0.1) is 50.2 Å². The Labute approximate surface area is 127 Å². The molecule has 3 heterocycles. The lowest BCUT2D eigenvalue weighted by Crippen LogP contribution is -2.70. The van der Waals surface area contributed by atoms with Crippen molar-refractivity contribution in [2.24, 2.45) is 10.8 Å². The number of nitriles is 3. The molecule has 22 heavy (non-hydrogen) atoms. The van der Waals surface area contributed by atoms with Crippen molar-refractivity contribution in [3.8, 4) is 18.2 Å². The van der Waals surface area contributed by atoms with Crippen LogP contribution in [0.3, 0.4) is 0 Å². The van der Waals surface area contributed by atoms with Crippen molar-refractivity contribution >= 4 is 5.90 Å². The van der Waals surface area contributed by atoms with Gasteiger partial charge in [0.2, 0.25) is 11.7 Å². The first kappa shape index (κ1) is 14.1. The SMILES string of the molecule is CC12OCC(C#N)(C(=N)O1)C(C#N)(C#N)C2c1ccccc1. The van der Waals surface area contributed by atoms with E-state index in [0.717, 1.165) is 0 Å². The van der Waals surface area contributed by atoms with Gasteiger partial charge in [-0.25, -0.2) is 0 Å². The van der Waals surface area contributed by atoms with Gasteiger partial charge in [0.05, 0.1) is 30.7 Å². The van der Waals surface area contributed by atoms with E-state index in [-0.39, 0.29) is 12.5 Å². The van der Waals surface area contributed by atoms with Crippen LogP contribution in [-0.4, -0.2) is 18.3 Å². The van der Waals surface area contributed by atoms with Crippen molar-refractivity contribution in [1.29, 1.82) is 21.2 Å². The summed E-state index contributed by atoms with van der Waals surface area (Å²) in [7, 11) is 0. The van der Waals surface area contributed by atoms with Gasteiger partial charge in [-0.2, -0.15) is 15.8 Å². The van der Waals surface area contributed by atoms with Gasteiger partial charge in [-0.1, -0.05) is 30.3 Å². The lowest BCUT2D eigenvalue weighted by atomic mass is 9.52. The Morgan fingerprint density at radius 1 is 1.14 bits per heavy atom. The first-order valence-electron chi connectivity index (χ1n) is 6.70. The normalized spacial score (nSPS) is 34.8. The highest BCUT2D eigenvalue weighted by molar-refractivity contribution is 5.88. The molecule has 0 radical (unpaired) electrons. The summed E-state index contributed by atoms with van der Waals surface area (Å²) >= 11 is 0. The van der Waals surface area contributed by atoms with Crippen molar-refractivity contribution in [2.75, 3.05) is 6.61 Å². The van der Waals surface area contributed by atoms with Crippen molar-refractivity contribution in [1.82, 2.24) is 0 Å². The second-order valence-corrected chi connectivity index (χ2v) is 5.63. The van der Waals surface area contributed by atoms with E-state index < -0.39 is 22.5 Å². The molecule has 3 aliphatic rings. The van der Waals surface area contributed by atoms with Crippen LogP contribution < -0.4 is 0 Å². The number of hydrogen-bond donors (Lipinski definition) is 1.